The fraction of sp³-hybridized carbons (Fsp3) is 0.0278. The van der Waals surface area contributed by atoms with E-state index in [1.54, 1.807) is 0 Å². The first-order chi connectivity index (χ1) is 20.1. The normalized spacial score (nSPS) is 16.0. The van der Waals surface area contributed by atoms with E-state index >= 15 is 4.57 Å². The van der Waals surface area contributed by atoms with Crippen molar-refractivity contribution in [3.05, 3.63) is 133 Å². The van der Waals surface area contributed by atoms with Crippen molar-refractivity contribution in [2.24, 2.45) is 0 Å². The number of pyridine rings is 1. The highest BCUT2D eigenvalue weighted by molar-refractivity contribution is 7.86. The molecule has 0 radical (unpaired) electrons. The number of hydrogen-bond acceptors (Lipinski definition) is 4. The van der Waals surface area contributed by atoms with Crippen molar-refractivity contribution in [3.8, 4) is 56.5 Å². The average Bonchev–Trinajstić information content (AvgIpc) is 3.02. The number of benzene rings is 5. The molecular formula is C36H24NO3P. The Hall–Kier alpha value is -4.92. The third kappa shape index (κ3) is 3.68. The molecule has 1 aromatic heterocycles. The van der Waals surface area contributed by atoms with Crippen LogP contribution >= 0.6 is 7.14 Å². The Morgan fingerprint density at radius 3 is 1.76 bits per heavy atom. The second-order valence-electron chi connectivity index (χ2n) is 10.4. The van der Waals surface area contributed by atoms with Crippen molar-refractivity contribution in [1.82, 2.24) is 4.98 Å². The first kappa shape index (κ1) is 23.9. The number of aromatic nitrogens is 1. The minimum atomic E-state index is -3.45. The summed E-state index contributed by atoms with van der Waals surface area (Å²) >= 11 is 0. The molecule has 1 unspecified atom stereocenters. The van der Waals surface area contributed by atoms with Gasteiger partial charge in [0, 0.05) is 11.3 Å². The van der Waals surface area contributed by atoms with Gasteiger partial charge < -0.3 is 14.0 Å². The van der Waals surface area contributed by atoms with E-state index in [9.17, 15) is 0 Å². The molecule has 0 amide bonds. The molecule has 0 saturated heterocycles. The van der Waals surface area contributed by atoms with Gasteiger partial charge in [-0.1, -0.05) is 78.9 Å². The predicted octanol–water partition coefficient (Wildman–Crippen LogP) is 8.24. The van der Waals surface area contributed by atoms with Gasteiger partial charge in [-0.25, -0.2) is 0 Å². The third-order valence-electron chi connectivity index (χ3n) is 7.82. The summed E-state index contributed by atoms with van der Waals surface area (Å²) in [5.41, 5.74) is 6.52. The molecule has 41 heavy (non-hydrogen) atoms. The minimum Gasteiger partial charge on any atom is -0.456 e. The summed E-state index contributed by atoms with van der Waals surface area (Å²) in [6.45, 7) is 1.96. The van der Waals surface area contributed by atoms with Crippen molar-refractivity contribution in [1.29, 1.82) is 0 Å². The Kier molecular flexibility index (Phi) is 5.28. The number of rotatable bonds is 3. The Morgan fingerprint density at radius 1 is 0.561 bits per heavy atom. The number of fused-ring (bicyclic) bond motifs is 4. The van der Waals surface area contributed by atoms with Crippen molar-refractivity contribution < 1.29 is 14.0 Å². The summed E-state index contributed by atoms with van der Waals surface area (Å²) in [6.07, 6.45) is 0. The molecule has 5 aromatic carbocycles. The van der Waals surface area contributed by atoms with E-state index in [1.807, 2.05) is 110 Å². The SMILES string of the molecule is Cc1cccc(-c2ccc3c4c2Oc2ccc(-c5ccccc5)cc2P4(=O)c2cc(-c4ccccc4)ccc2O3)n1. The molecule has 0 spiro atoms. The molecule has 0 N–H and O–H groups in total. The van der Waals surface area contributed by atoms with E-state index in [1.165, 1.54) is 0 Å². The van der Waals surface area contributed by atoms with Crippen molar-refractivity contribution >= 4 is 23.1 Å². The van der Waals surface area contributed by atoms with Gasteiger partial charge in [-0.15, -0.1) is 0 Å². The zero-order chi connectivity index (χ0) is 27.6. The Labute approximate surface area is 238 Å². The summed E-state index contributed by atoms with van der Waals surface area (Å²) in [5.74, 6) is 2.28. The van der Waals surface area contributed by atoms with Crippen molar-refractivity contribution in [2.45, 2.75) is 6.92 Å². The number of aryl methyl sites for hydroxylation is 1. The van der Waals surface area contributed by atoms with Gasteiger partial charge in [-0.05, 0) is 77.7 Å². The standard InChI is InChI=1S/C36H24NO3P/c1-23-9-8-14-29(37-23)28-17-20-32-36-35(28)40-31-19-16-27(25-12-6-3-7-13-25)22-34(31)41(36,38)33-21-26(15-18-30(33)39-32)24-10-4-2-5-11-24/h2-22H,1H3. The molecule has 2 aliphatic rings. The van der Waals surface area contributed by atoms with Crippen LogP contribution in [0.4, 0.5) is 0 Å². The van der Waals surface area contributed by atoms with Crippen LogP contribution in [-0.4, -0.2) is 4.98 Å². The smallest absolute Gasteiger partial charge is 0.185 e. The number of nitrogens with zero attached hydrogens (tertiary/aromatic N) is 1. The number of ether oxygens (including phenoxy) is 2. The second-order valence-corrected chi connectivity index (χ2v) is 13.0. The zero-order valence-electron chi connectivity index (χ0n) is 22.2. The molecule has 0 aliphatic carbocycles. The summed E-state index contributed by atoms with van der Waals surface area (Å²) in [6, 6.07) is 42.0. The van der Waals surface area contributed by atoms with Crippen LogP contribution in [0.25, 0.3) is 33.5 Å². The topological polar surface area (TPSA) is 48.4 Å². The number of hydrogen-bond donors (Lipinski definition) is 0. The Morgan fingerprint density at radius 2 is 1.15 bits per heavy atom. The molecular weight excluding hydrogens is 525 g/mol. The lowest BCUT2D eigenvalue weighted by Gasteiger charge is -2.35. The van der Waals surface area contributed by atoms with E-state index in [2.05, 4.69) is 24.3 Å². The van der Waals surface area contributed by atoms with Gasteiger partial charge in [-0.2, -0.15) is 0 Å². The highest BCUT2D eigenvalue weighted by Crippen LogP contribution is 2.60. The predicted molar refractivity (Wildman–Crippen MR) is 165 cm³/mol. The molecule has 0 saturated carbocycles. The van der Waals surface area contributed by atoms with Crippen LogP contribution in [-0.2, 0) is 4.57 Å². The summed E-state index contributed by atoms with van der Waals surface area (Å²) in [5, 5.41) is 1.95. The highest BCUT2D eigenvalue weighted by Gasteiger charge is 2.47. The Balaban J connectivity index is 1.43. The molecule has 6 aromatic rings. The molecule has 3 heterocycles. The summed E-state index contributed by atoms with van der Waals surface area (Å²) in [4.78, 5) is 4.77. The molecule has 8 rings (SSSR count). The molecule has 5 heteroatoms. The van der Waals surface area contributed by atoms with Gasteiger partial charge in [0.05, 0.1) is 16.3 Å². The minimum absolute atomic E-state index is 0.541. The maximum atomic E-state index is 16.0. The lowest BCUT2D eigenvalue weighted by atomic mass is 10.1. The summed E-state index contributed by atoms with van der Waals surface area (Å²) in [7, 11) is -3.45. The van der Waals surface area contributed by atoms with E-state index in [4.69, 9.17) is 14.5 Å². The quantitative estimate of drug-likeness (QED) is 0.208. The maximum absolute atomic E-state index is 16.0. The molecule has 0 bridgehead atoms. The van der Waals surface area contributed by atoms with Crippen LogP contribution in [0.2, 0.25) is 0 Å². The van der Waals surface area contributed by atoms with Crippen molar-refractivity contribution in [2.75, 3.05) is 0 Å². The Bertz CT molecular complexity index is 1980. The van der Waals surface area contributed by atoms with Gasteiger partial charge in [0.2, 0.25) is 0 Å². The zero-order valence-corrected chi connectivity index (χ0v) is 23.1. The van der Waals surface area contributed by atoms with Gasteiger partial charge in [0.15, 0.2) is 12.9 Å². The van der Waals surface area contributed by atoms with Crippen molar-refractivity contribution in [3.63, 3.8) is 0 Å². The van der Waals surface area contributed by atoms with Crippen LogP contribution in [0.15, 0.2) is 127 Å². The van der Waals surface area contributed by atoms with Crippen LogP contribution in [0.5, 0.6) is 23.0 Å². The van der Waals surface area contributed by atoms with E-state index < -0.39 is 7.14 Å². The first-order valence-corrected chi connectivity index (χ1v) is 15.3. The first-order valence-electron chi connectivity index (χ1n) is 13.6. The lowest BCUT2D eigenvalue weighted by molar-refractivity contribution is 0.462. The monoisotopic (exact) mass is 549 g/mol. The molecule has 196 valence electrons. The third-order valence-corrected chi connectivity index (χ3v) is 10.9. The largest absolute Gasteiger partial charge is 0.456 e. The van der Waals surface area contributed by atoms with Crippen LogP contribution < -0.4 is 25.4 Å². The molecule has 1 atom stereocenters. The lowest BCUT2D eigenvalue weighted by Crippen LogP contribution is -2.35. The van der Waals surface area contributed by atoms with Gasteiger partial charge in [0.25, 0.3) is 0 Å². The van der Waals surface area contributed by atoms with E-state index in [0.717, 1.165) is 39.2 Å². The molecule has 2 aliphatic heterocycles. The van der Waals surface area contributed by atoms with Crippen LogP contribution in [0.3, 0.4) is 0 Å². The average molecular weight is 550 g/mol. The van der Waals surface area contributed by atoms with E-state index in [-0.39, 0.29) is 0 Å². The van der Waals surface area contributed by atoms with Gasteiger partial charge in [0.1, 0.15) is 22.6 Å². The highest BCUT2D eigenvalue weighted by atomic mass is 31.2. The maximum Gasteiger partial charge on any atom is 0.185 e. The fourth-order valence-electron chi connectivity index (χ4n) is 5.85. The molecule has 0 fully saturated rings. The van der Waals surface area contributed by atoms with Gasteiger partial charge in [-0.3, -0.25) is 4.98 Å². The second kappa shape index (κ2) is 9.05. The van der Waals surface area contributed by atoms with Gasteiger partial charge >= 0.3 is 0 Å². The fourth-order valence-corrected chi connectivity index (χ4v) is 8.98. The van der Waals surface area contributed by atoms with E-state index in [0.29, 0.717) is 38.9 Å². The van der Waals surface area contributed by atoms with Crippen LogP contribution in [0.1, 0.15) is 5.69 Å². The summed E-state index contributed by atoms with van der Waals surface area (Å²) < 4.78 is 29.1. The van der Waals surface area contributed by atoms with Crippen LogP contribution in [0, 0.1) is 6.92 Å². The molecule has 4 nitrogen and oxygen atoms in total.